The number of hydrogen-bond acceptors (Lipinski definition) is 6. The van der Waals surface area contributed by atoms with E-state index >= 15 is 0 Å². The Bertz CT molecular complexity index is 1140. The van der Waals surface area contributed by atoms with Gasteiger partial charge < -0.3 is 14.8 Å². The van der Waals surface area contributed by atoms with Crippen LogP contribution in [0.3, 0.4) is 0 Å². The number of thioether (sulfide) groups is 1. The molecular formula is C22H19ClF2N2O5S. The quantitative estimate of drug-likeness (QED) is 0.428. The van der Waals surface area contributed by atoms with Crippen molar-refractivity contribution >= 4 is 46.5 Å². The molecule has 3 rings (SSSR count). The Balaban J connectivity index is 1.65. The summed E-state index contributed by atoms with van der Waals surface area (Å²) in [6.07, 6.45) is 1.56. The zero-order chi connectivity index (χ0) is 24.1. The van der Waals surface area contributed by atoms with E-state index < -0.39 is 28.7 Å². The molecule has 2 aromatic rings. The van der Waals surface area contributed by atoms with Crippen LogP contribution in [0, 0.1) is 11.6 Å². The van der Waals surface area contributed by atoms with Crippen LogP contribution in [0.25, 0.3) is 6.08 Å². The van der Waals surface area contributed by atoms with E-state index in [1.807, 2.05) is 6.92 Å². The third-order valence-electron chi connectivity index (χ3n) is 4.53. The molecule has 1 N–H and O–H groups in total. The molecule has 0 saturated carbocycles. The van der Waals surface area contributed by atoms with Crippen molar-refractivity contribution in [2.75, 3.05) is 26.8 Å². The van der Waals surface area contributed by atoms with Crippen molar-refractivity contribution in [2.45, 2.75) is 6.92 Å². The number of nitrogens with zero attached hydrogens (tertiary/aromatic N) is 1. The van der Waals surface area contributed by atoms with Crippen LogP contribution in [-0.4, -0.2) is 48.8 Å². The number of carbonyl (C=O) groups excluding carboxylic acids is 3. The number of imide groups is 1. The maximum absolute atomic E-state index is 13.4. The maximum atomic E-state index is 13.4. The third kappa shape index (κ3) is 5.63. The molecule has 7 nitrogen and oxygen atoms in total. The Morgan fingerprint density at radius 1 is 1.18 bits per heavy atom. The minimum atomic E-state index is -1.22. The van der Waals surface area contributed by atoms with E-state index in [0.717, 1.165) is 16.7 Å². The molecule has 1 saturated heterocycles. The van der Waals surface area contributed by atoms with Crippen molar-refractivity contribution in [3.8, 4) is 11.5 Å². The largest absolute Gasteiger partial charge is 0.493 e. The number of amides is 3. The average molecular weight is 497 g/mol. The lowest BCUT2D eigenvalue weighted by atomic mass is 10.2. The molecule has 1 heterocycles. The van der Waals surface area contributed by atoms with E-state index in [1.54, 1.807) is 24.3 Å². The van der Waals surface area contributed by atoms with Crippen molar-refractivity contribution in [1.82, 2.24) is 10.2 Å². The molecule has 0 spiro atoms. The van der Waals surface area contributed by atoms with Crippen molar-refractivity contribution < 1.29 is 32.6 Å². The van der Waals surface area contributed by atoms with Gasteiger partial charge in [0.2, 0.25) is 0 Å². The molecule has 174 valence electrons. The van der Waals surface area contributed by atoms with Gasteiger partial charge in [-0.25, -0.2) is 8.78 Å². The number of methoxy groups -OCH3 is 1. The summed E-state index contributed by atoms with van der Waals surface area (Å²) in [5.74, 6) is -2.62. The van der Waals surface area contributed by atoms with E-state index in [9.17, 15) is 23.2 Å². The van der Waals surface area contributed by atoms with Gasteiger partial charge in [-0.3, -0.25) is 19.3 Å². The fourth-order valence-electron chi connectivity index (χ4n) is 2.97. The number of carbonyl (C=O) groups is 3. The predicted molar refractivity (Wildman–Crippen MR) is 121 cm³/mol. The van der Waals surface area contributed by atoms with Gasteiger partial charge in [0.15, 0.2) is 23.1 Å². The van der Waals surface area contributed by atoms with E-state index in [2.05, 4.69) is 5.32 Å². The van der Waals surface area contributed by atoms with E-state index in [4.69, 9.17) is 21.1 Å². The highest BCUT2D eigenvalue weighted by molar-refractivity contribution is 8.18. The number of ether oxygens (including phenoxy) is 2. The molecule has 0 aliphatic carbocycles. The van der Waals surface area contributed by atoms with Crippen molar-refractivity contribution in [1.29, 1.82) is 0 Å². The summed E-state index contributed by atoms with van der Waals surface area (Å²) < 4.78 is 37.3. The number of hydrogen-bond donors (Lipinski definition) is 1. The van der Waals surface area contributed by atoms with Crippen LogP contribution in [0.2, 0.25) is 5.02 Å². The molecule has 0 atom stereocenters. The lowest BCUT2D eigenvalue weighted by Gasteiger charge is -2.13. The van der Waals surface area contributed by atoms with Crippen LogP contribution in [0.5, 0.6) is 11.5 Å². The lowest BCUT2D eigenvalue weighted by molar-refractivity contribution is -0.122. The van der Waals surface area contributed by atoms with Gasteiger partial charge in [0.05, 0.1) is 29.2 Å². The Morgan fingerprint density at radius 2 is 1.91 bits per heavy atom. The number of rotatable bonds is 8. The summed E-state index contributed by atoms with van der Waals surface area (Å²) >= 11 is 6.55. The van der Waals surface area contributed by atoms with Crippen LogP contribution in [0.15, 0.2) is 35.2 Å². The van der Waals surface area contributed by atoms with E-state index in [0.29, 0.717) is 35.8 Å². The molecule has 33 heavy (non-hydrogen) atoms. The molecule has 1 aliphatic heterocycles. The van der Waals surface area contributed by atoms with E-state index in [-0.39, 0.29) is 28.6 Å². The van der Waals surface area contributed by atoms with Crippen LogP contribution in [-0.2, 0) is 4.79 Å². The summed E-state index contributed by atoms with van der Waals surface area (Å²) in [4.78, 5) is 38.3. The smallest absolute Gasteiger partial charge is 0.293 e. The highest BCUT2D eigenvalue weighted by Gasteiger charge is 2.34. The van der Waals surface area contributed by atoms with Gasteiger partial charge in [-0.2, -0.15) is 0 Å². The first-order chi connectivity index (χ1) is 15.7. The Kier molecular flexibility index (Phi) is 7.93. The summed E-state index contributed by atoms with van der Waals surface area (Å²) in [6, 6.07) is 6.50. The molecular weight excluding hydrogens is 478 g/mol. The molecule has 1 fully saturated rings. The Labute approximate surface area is 197 Å². The van der Waals surface area contributed by atoms with Gasteiger partial charge in [-0.05, 0) is 54.6 Å². The minimum Gasteiger partial charge on any atom is -0.493 e. The average Bonchev–Trinajstić information content (AvgIpc) is 3.04. The van der Waals surface area contributed by atoms with Gasteiger partial charge in [0.1, 0.15) is 0 Å². The van der Waals surface area contributed by atoms with Crippen LogP contribution in [0.4, 0.5) is 13.6 Å². The van der Waals surface area contributed by atoms with Crippen LogP contribution in [0.1, 0.15) is 22.8 Å². The third-order valence-corrected chi connectivity index (χ3v) is 5.75. The molecule has 11 heteroatoms. The molecule has 0 aromatic heterocycles. The lowest BCUT2D eigenvalue weighted by Crippen LogP contribution is -2.37. The van der Waals surface area contributed by atoms with E-state index in [1.165, 1.54) is 7.11 Å². The summed E-state index contributed by atoms with van der Waals surface area (Å²) in [5, 5.41) is 1.68. The molecule has 0 bridgehead atoms. The molecule has 0 radical (unpaired) electrons. The van der Waals surface area contributed by atoms with Crippen molar-refractivity contribution in [2.24, 2.45) is 0 Å². The Hall–Kier alpha value is -3.11. The van der Waals surface area contributed by atoms with Crippen molar-refractivity contribution in [3.63, 3.8) is 0 Å². The molecule has 3 amide bonds. The van der Waals surface area contributed by atoms with Gasteiger partial charge in [-0.1, -0.05) is 17.7 Å². The van der Waals surface area contributed by atoms with Gasteiger partial charge >= 0.3 is 0 Å². The topological polar surface area (TPSA) is 84.9 Å². The highest BCUT2D eigenvalue weighted by atomic mass is 35.5. The standard InChI is InChI=1S/C22H19ClF2N2O5S/c1-3-32-17-5-4-12(8-18(17)31-2)9-19-21(29)27(22(30)33-19)7-6-26-20(28)13-10-15(24)16(25)11-14(13)23/h4-5,8-11H,3,6-7H2,1-2H3,(H,26,28). The first-order valence-electron chi connectivity index (χ1n) is 9.74. The zero-order valence-corrected chi connectivity index (χ0v) is 19.2. The van der Waals surface area contributed by atoms with Gasteiger partial charge in [0, 0.05) is 13.1 Å². The second-order valence-corrected chi connectivity index (χ2v) is 8.08. The highest BCUT2D eigenvalue weighted by Crippen LogP contribution is 2.34. The maximum Gasteiger partial charge on any atom is 0.293 e. The van der Waals surface area contributed by atoms with Gasteiger partial charge in [-0.15, -0.1) is 0 Å². The zero-order valence-electron chi connectivity index (χ0n) is 17.6. The fourth-order valence-corrected chi connectivity index (χ4v) is 4.07. The number of nitrogens with one attached hydrogen (secondary N) is 1. The van der Waals surface area contributed by atoms with Gasteiger partial charge in [0.25, 0.3) is 17.1 Å². The first kappa shape index (κ1) is 24.5. The second kappa shape index (κ2) is 10.7. The second-order valence-electron chi connectivity index (χ2n) is 6.68. The molecule has 0 unspecified atom stereocenters. The van der Waals surface area contributed by atoms with Crippen LogP contribution < -0.4 is 14.8 Å². The SMILES string of the molecule is CCOc1ccc(C=C2SC(=O)N(CCNC(=O)c3cc(F)c(F)cc3Cl)C2=O)cc1OC. The normalized spacial score (nSPS) is 14.7. The summed E-state index contributed by atoms with van der Waals surface area (Å²) in [6.45, 7) is 2.10. The monoisotopic (exact) mass is 496 g/mol. The number of benzene rings is 2. The van der Waals surface area contributed by atoms with Crippen LogP contribution >= 0.6 is 23.4 Å². The fraction of sp³-hybridized carbons (Fsp3) is 0.227. The predicted octanol–water partition coefficient (Wildman–Crippen LogP) is 4.49. The molecule has 1 aliphatic rings. The first-order valence-corrected chi connectivity index (χ1v) is 10.9. The summed E-state index contributed by atoms with van der Waals surface area (Å²) in [7, 11) is 1.50. The minimum absolute atomic E-state index is 0.101. The molecule has 2 aromatic carbocycles. The summed E-state index contributed by atoms with van der Waals surface area (Å²) in [5.41, 5.74) is 0.385. The number of halogens is 3. The Morgan fingerprint density at radius 3 is 2.61 bits per heavy atom. The van der Waals surface area contributed by atoms with Crippen molar-refractivity contribution in [3.05, 3.63) is 63.0 Å².